The van der Waals surface area contributed by atoms with Crippen LogP contribution in [-0.4, -0.2) is 34.0 Å². The molecule has 2 N–H and O–H groups in total. The molecule has 0 saturated carbocycles. The highest BCUT2D eigenvalue weighted by atomic mass is 32.1. The Hall–Kier alpha value is -1.79. The fraction of sp³-hybridized carbons (Fsp3) is 0.400. The Bertz CT molecular complexity index is 657. The largest absolute Gasteiger partial charge is 0.347 e. The molecule has 2 aliphatic heterocycles. The van der Waals surface area contributed by atoms with Crippen molar-refractivity contribution in [1.29, 1.82) is 0 Å². The number of nitrogens with zero attached hydrogens (tertiary/aromatic N) is 2. The van der Waals surface area contributed by atoms with Crippen LogP contribution in [0.15, 0.2) is 30.7 Å². The number of fused-ring (bicyclic) bond motifs is 2. The van der Waals surface area contributed by atoms with Gasteiger partial charge in [-0.05, 0) is 31.4 Å². The second-order valence-corrected chi connectivity index (χ2v) is 6.66. The van der Waals surface area contributed by atoms with Crippen LogP contribution in [0.5, 0.6) is 0 Å². The normalized spacial score (nSPS) is 27.0. The summed E-state index contributed by atoms with van der Waals surface area (Å²) in [6.07, 6.45) is 8.59. The van der Waals surface area contributed by atoms with Crippen LogP contribution in [0.25, 0.3) is 10.6 Å². The molecule has 2 fully saturated rings. The topological polar surface area (TPSA) is 66.9 Å². The van der Waals surface area contributed by atoms with Crippen molar-refractivity contribution >= 4 is 17.2 Å². The van der Waals surface area contributed by atoms with Gasteiger partial charge >= 0.3 is 0 Å². The lowest BCUT2D eigenvalue weighted by Crippen LogP contribution is -2.42. The Morgan fingerprint density at radius 3 is 2.90 bits per heavy atom. The number of rotatable bonds is 3. The summed E-state index contributed by atoms with van der Waals surface area (Å²) in [6.45, 7) is 0. The van der Waals surface area contributed by atoms with Gasteiger partial charge in [-0.25, -0.2) is 4.98 Å². The van der Waals surface area contributed by atoms with Gasteiger partial charge in [0.05, 0.1) is 6.20 Å². The summed E-state index contributed by atoms with van der Waals surface area (Å²) in [5.41, 5.74) is 0.996. The van der Waals surface area contributed by atoms with Crippen LogP contribution in [0.3, 0.4) is 0 Å². The fourth-order valence-corrected chi connectivity index (χ4v) is 4.05. The third kappa shape index (κ3) is 2.45. The highest BCUT2D eigenvalue weighted by Gasteiger charge is 2.39. The Balaban J connectivity index is 1.47. The van der Waals surface area contributed by atoms with Gasteiger partial charge < -0.3 is 10.6 Å². The minimum absolute atomic E-state index is 0.00726. The van der Waals surface area contributed by atoms with Gasteiger partial charge in [-0.15, -0.1) is 11.3 Å². The van der Waals surface area contributed by atoms with E-state index in [1.165, 1.54) is 24.2 Å². The molecule has 5 nitrogen and oxygen atoms in total. The molecular formula is C15H16N4OS. The Labute approximate surface area is 126 Å². The van der Waals surface area contributed by atoms with E-state index in [1.807, 2.05) is 12.1 Å². The minimum atomic E-state index is -0.00726. The molecular weight excluding hydrogens is 284 g/mol. The van der Waals surface area contributed by atoms with Crippen molar-refractivity contribution in [1.82, 2.24) is 20.6 Å². The van der Waals surface area contributed by atoms with Crippen molar-refractivity contribution < 1.29 is 4.79 Å². The Kier molecular flexibility index (Phi) is 3.20. The molecule has 4 rings (SSSR count). The molecule has 2 aliphatic rings. The predicted molar refractivity (Wildman–Crippen MR) is 81.2 cm³/mol. The first-order chi connectivity index (χ1) is 10.3. The molecule has 2 bridgehead atoms. The van der Waals surface area contributed by atoms with Crippen LogP contribution in [0.2, 0.25) is 0 Å². The van der Waals surface area contributed by atoms with Gasteiger partial charge in [0.2, 0.25) is 0 Å². The molecule has 2 saturated heterocycles. The van der Waals surface area contributed by atoms with Crippen LogP contribution in [0.4, 0.5) is 0 Å². The molecule has 0 aliphatic carbocycles. The smallest absolute Gasteiger partial charge is 0.263 e. The van der Waals surface area contributed by atoms with Crippen molar-refractivity contribution in [3.63, 3.8) is 0 Å². The quantitative estimate of drug-likeness (QED) is 0.907. The van der Waals surface area contributed by atoms with E-state index in [9.17, 15) is 4.79 Å². The standard InChI is InChI=1S/C15H16N4OS/c20-14(19-12-7-10-1-2-11(12)18-10)13-8-17-15(21-13)9-3-5-16-6-4-9/h3-6,8,10-12,18H,1-2,7H2,(H,19,20). The minimum Gasteiger partial charge on any atom is -0.347 e. The Morgan fingerprint density at radius 2 is 2.19 bits per heavy atom. The van der Waals surface area contributed by atoms with E-state index in [-0.39, 0.29) is 11.9 Å². The maximum atomic E-state index is 12.3. The van der Waals surface area contributed by atoms with Crippen molar-refractivity contribution in [2.45, 2.75) is 37.4 Å². The molecule has 2 aromatic heterocycles. The number of thiazole rings is 1. The summed E-state index contributed by atoms with van der Waals surface area (Å²) in [7, 11) is 0. The van der Waals surface area contributed by atoms with E-state index in [0.29, 0.717) is 17.0 Å². The van der Waals surface area contributed by atoms with Gasteiger partial charge in [-0.3, -0.25) is 9.78 Å². The fourth-order valence-electron chi connectivity index (χ4n) is 3.23. The molecule has 6 heteroatoms. The molecule has 0 radical (unpaired) electrons. The zero-order chi connectivity index (χ0) is 14.2. The van der Waals surface area contributed by atoms with Gasteiger partial charge in [0.25, 0.3) is 5.91 Å². The van der Waals surface area contributed by atoms with Crippen LogP contribution >= 0.6 is 11.3 Å². The van der Waals surface area contributed by atoms with E-state index in [0.717, 1.165) is 17.0 Å². The lowest BCUT2D eigenvalue weighted by Gasteiger charge is -2.20. The first-order valence-corrected chi connectivity index (χ1v) is 8.04. The first-order valence-electron chi connectivity index (χ1n) is 7.23. The molecule has 3 unspecified atom stereocenters. The molecule has 21 heavy (non-hydrogen) atoms. The zero-order valence-corrected chi connectivity index (χ0v) is 12.3. The number of hydrogen-bond donors (Lipinski definition) is 2. The molecule has 0 spiro atoms. The molecule has 0 aromatic carbocycles. The van der Waals surface area contributed by atoms with E-state index in [4.69, 9.17) is 0 Å². The van der Waals surface area contributed by atoms with Crippen molar-refractivity contribution in [2.24, 2.45) is 0 Å². The number of aromatic nitrogens is 2. The van der Waals surface area contributed by atoms with Crippen LogP contribution < -0.4 is 10.6 Å². The van der Waals surface area contributed by atoms with E-state index < -0.39 is 0 Å². The Morgan fingerprint density at radius 1 is 1.33 bits per heavy atom. The number of carbonyl (C=O) groups is 1. The summed E-state index contributed by atoms with van der Waals surface area (Å²) in [4.78, 5) is 21.3. The number of hydrogen-bond acceptors (Lipinski definition) is 5. The second-order valence-electron chi connectivity index (χ2n) is 5.63. The average Bonchev–Trinajstić information content (AvgIpc) is 3.24. The average molecular weight is 300 g/mol. The molecule has 1 amide bonds. The maximum absolute atomic E-state index is 12.3. The summed E-state index contributed by atoms with van der Waals surface area (Å²) in [5, 5.41) is 7.54. The number of pyridine rings is 1. The van der Waals surface area contributed by atoms with Crippen LogP contribution in [-0.2, 0) is 0 Å². The first kappa shape index (κ1) is 12.9. The lowest BCUT2D eigenvalue weighted by molar-refractivity contribution is 0.0935. The van der Waals surface area contributed by atoms with Gasteiger partial charge in [-0.2, -0.15) is 0 Å². The van der Waals surface area contributed by atoms with Gasteiger partial charge in [0.15, 0.2) is 0 Å². The third-order valence-electron chi connectivity index (χ3n) is 4.27. The van der Waals surface area contributed by atoms with E-state index in [1.54, 1.807) is 18.6 Å². The monoisotopic (exact) mass is 300 g/mol. The lowest BCUT2D eigenvalue weighted by atomic mass is 9.95. The second kappa shape index (κ2) is 5.20. The third-order valence-corrected chi connectivity index (χ3v) is 5.32. The van der Waals surface area contributed by atoms with E-state index in [2.05, 4.69) is 20.6 Å². The summed E-state index contributed by atoms with van der Waals surface area (Å²) < 4.78 is 0. The molecule has 4 heterocycles. The maximum Gasteiger partial charge on any atom is 0.263 e. The molecule has 2 aromatic rings. The van der Waals surface area contributed by atoms with Crippen LogP contribution in [0.1, 0.15) is 28.9 Å². The number of amides is 1. The predicted octanol–water partition coefficient (Wildman–Crippen LogP) is 1.83. The van der Waals surface area contributed by atoms with Gasteiger partial charge in [0, 0.05) is 36.1 Å². The number of nitrogens with one attached hydrogen (secondary N) is 2. The summed E-state index contributed by atoms with van der Waals surface area (Å²) in [6, 6.07) is 5.11. The molecule has 3 atom stereocenters. The van der Waals surface area contributed by atoms with Crippen molar-refractivity contribution in [2.75, 3.05) is 0 Å². The zero-order valence-electron chi connectivity index (χ0n) is 11.5. The molecule has 108 valence electrons. The number of carbonyl (C=O) groups excluding carboxylic acids is 1. The SMILES string of the molecule is O=C(NC1CC2CCC1N2)c1cnc(-c2ccncc2)s1. The van der Waals surface area contributed by atoms with Gasteiger partial charge in [0.1, 0.15) is 9.88 Å². The van der Waals surface area contributed by atoms with Crippen molar-refractivity contribution in [3.8, 4) is 10.6 Å². The summed E-state index contributed by atoms with van der Waals surface area (Å²) >= 11 is 1.43. The van der Waals surface area contributed by atoms with Crippen LogP contribution in [0, 0.1) is 0 Å². The van der Waals surface area contributed by atoms with E-state index >= 15 is 0 Å². The van der Waals surface area contributed by atoms with Crippen molar-refractivity contribution in [3.05, 3.63) is 35.6 Å². The van der Waals surface area contributed by atoms with Gasteiger partial charge in [-0.1, -0.05) is 0 Å². The summed E-state index contributed by atoms with van der Waals surface area (Å²) in [5.74, 6) is -0.00726. The highest BCUT2D eigenvalue weighted by molar-refractivity contribution is 7.16. The highest BCUT2D eigenvalue weighted by Crippen LogP contribution is 2.29.